The van der Waals surface area contributed by atoms with Crippen LogP contribution in [0.4, 0.5) is 5.69 Å². The van der Waals surface area contributed by atoms with Gasteiger partial charge in [-0.1, -0.05) is 0 Å². The number of ketones is 1. The molecular weight excluding hydrogens is 206 g/mol. The summed E-state index contributed by atoms with van der Waals surface area (Å²) in [4.78, 5) is 11.9. The number of fused-ring (bicyclic) bond motifs is 1. The molecule has 1 aromatic carbocycles. The molecule has 4 heteroatoms. The maximum atomic E-state index is 11.9. The number of hydrogen-bond acceptors (Lipinski definition) is 4. The first-order valence-electron chi connectivity index (χ1n) is 5.21. The molecule has 1 aromatic rings. The van der Waals surface area contributed by atoms with Gasteiger partial charge in [0.2, 0.25) is 0 Å². The van der Waals surface area contributed by atoms with Crippen LogP contribution in [0.3, 0.4) is 0 Å². The lowest BCUT2D eigenvalue weighted by atomic mass is 9.97. The van der Waals surface area contributed by atoms with Gasteiger partial charge in [-0.15, -0.1) is 0 Å². The summed E-state index contributed by atoms with van der Waals surface area (Å²) < 4.78 is 10.4. The maximum absolute atomic E-state index is 11.9. The van der Waals surface area contributed by atoms with Gasteiger partial charge < -0.3 is 14.8 Å². The molecule has 0 amide bonds. The zero-order chi connectivity index (χ0) is 11.7. The molecule has 1 heterocycles. The van der Waals surface area contributed by atoms with Gasteiger partial charge in [-0.05, 0) is 13.0 Å². The zero-order valence-corrected chi connectivity index (χ0v) is 9.66. The normalized spacial score (nSPS) is 18.7. The third kappa shape index (κ3) is 1.71. The van der Waals surface area contributed by atoms with Gasteiger partial charge in [0.25, 0.3) is 0 Å². The molecule has 0 radical (unpaired) electrons. The van der Waals surface area contributed by atoms with Gasteiger partial charge in [0.1, 0.15) is 11.5 Å². The Balaban J connectivity index is 2.56. The Labute approximate surface area is 94.6 Å². The summed E-state index contributed by atoms with van der Waals surface area (Å²) in [5, 5.41) is 3.26. The van der Waals surface area contributed by atoms with Gasteiger partial charge in [0, 0.05) is 24.1 Å². The van der Waals surface area contributed by atoms with Crippen molar-refractivity contribution in [1.82, 2.24) is 0 Å². The molecule has 1 aliphatic heterocycles. The number of hydrogen-bond donors (Lipinski definition) is 1. The van der Waals surface area contributed by atoms with Gasteiger partial charge in [-0.3, -0.25) is 4.79 Å². The fourth-order valence-corrected chi connectivity index (χ4v) is 1.92. The quantitative estimate of drug-likeness (QED) is 0.830. The number of nitrogens with one attached hydrogen (secondary N) is 1. The van der Waals surface area contributed by atoms with E-state index in [2.05, 4.69) is 5.32 Å². The topological polar surface area (TPSA) is 47.6 Å². The lowest BCUT2D eigenvalue weighted by molar-refractivity contribution is 0.0973. The van der Waals surface area contributed by atoms with Crippen LogP contribution in [-0.4, -0.2) is 26.0 Å². The molecule has 1 unspecified atom stereocenters. The second-order valence-electron chi connectivity index (χ2n) is 3.92. The van der Waals surface area contributed by atoms with E-state index in [0.29, 0.717) is 23.5 Å². The van der Waals surface area contributed by atoms with Crippen LogP contribution in [0.5, 0.6) is 11.5 Å². The maximum Gasteiger partial charge on any atom is 0.167 e. The van der Waals surface area contributed by atoms with E-state index in [1.54, 1.807) is 26.4 Å². The Bertz CT molecular complexity index is 429. The third-order valence-corrected chi connectivity index (χ3v) is 2.71. The Morgan fingerprint density at radius 3 is 2.69 bits per heavy atom. The monoisotopic (exact) mass is 221 g/mol. The van der Waals surface area contributed by atoms with Crippen molar-refractivity contribution in [3.05, 3.63) is 17.7 Å². The number of carbonyl (C=O) groups excluding carboxylic acids is 1. The molecule has 0 aliphatic carbocycles. The number of Topliss-reactive ketones (excluding diaryl/α,β-unsaturated/α-hetero) is 1. The highest BCUT2D eigenvalue weighted by atomic mass is 16.5. The summed E-state index contributed by atoms with van der Waals surface area (Å²) in [6, 6.07) is 3.67. The van der Waals surface area contributed by atoms with Gasteiger partial charge in [0.15, 0.2) is 5.78 Å². The van der Waals surface area contributed by atoms with Crippen molar-refractivity contribution in [3.63, 3.8) is 0 Å². The van der Waals surface area contributed by atoms with Crippen LogP contribution in [-0.2, 0) is 0 Å². The van der Waals surface area contributed by atoms with Crippen LogP contribution in [0.1, 0.15) is 23.7 Å². The van der Waals surface area contributed by atoms with E-state index in [1.807, 2.05) is 6.92 Å². The minimum atomic E-state index is 0.124. The predicted molar refractivity (Wildman–Crippen MR) is 61.6 cm³/mol. The van der Waals surface area contributed by atoms with Crippen LogP contribution in [0.25, 0.3) is 0 Å². The van der Waals surface area contributed by atoms with Crippen molar-refractivity contribution in [3.8, 4) is 11.5 Å². The molecule has 0 spiro atoms. The number of ether oxygens (including phenoxy) is 2. The number of carbonyl (C=O) groups is 1. The van der Waals surface area contributed by atoms with E-state index in [9.17, 15) is 4.79 Å². The average Bonchev–Trinajstić information content (AvgIpc) is 2.28. The third-order valence-electron chi connectivity index (χ3n) is 2.71. The van der Waals surface area contributed by atoms with E-state index in [0.717, 1.165) is 5.69 Å². The average molecular weight is 221 g/mol. The standard InChI is InChI=1S/C12H15NO3/c1-7-4-10(14)9-5-8(15-2)6-11(16-3)12(9)13-7/h5-7,13H,4H2,1-3H3. The minimum absolute atomic E-state index is 0.124. The Kier molecular flexibility index (Phi) is 2.73. The highest BCUT2D eigenvalue weighted by Crippen LogP contribution is 2.37. The first-order valence-corrected chi connectivity index (χ1v) is 5.21. The summed E-state index contributed by atoms with van der Waals surface area (Å²) in [7, 11) is 3.16. The zero-order valence-electron chi connectivity index (χ0n) is 9.66. The molecule has 1 N–H and O–H groups in total. The summed E-state index contributed by atoms with van der Waals surface area (Å²) in [5.41, 5.74) is 1.42. The number of anilines is 1. The smallest absolute Gasteiger partial charge is 0.167 e. The summed E-state index contributed by atoms with van der Waals surface area (Å²) in [6.45, 7) is 1.98. The number of benzene rings is 1. The van der Waals surface area contributed by atoms with Crippen molar-refractivity contribution in [2.45, 2.75) is 19.4 Å². The van der Waals surface area contributed by atoms with Crippen molar-refractivity contribution in [2.24, 2.45) is 0 Å². The van der Waals surface area contributed by atoms with E-state index >= 15 is 0 Å². The molecule has 0 fully saturated rings. The Hall–Kier alpha value is -1.71. The SMILES string of the molecule is COc1cc(OC)c2c(c1)C(=O)CC(C)N2. The molecule has 1 aliphatic rings. The molecule has 86 valence electrons. The van der Waals surface area contributed by atoms with Gasteiger partial charge in [0.05, 0.1) is 19.9 Å². The van der Waals surface area contributed by atoms with Gasteiger partial charge in [-0.2, -0.15) is 0 Å². The predicted octanol–water partition coefficient (Wildman–Crippen LogP) is 2.09. The molecule has 4 nitrogen and oxygen atoms in total. The van der Waals surface area contributed by atoms with Crippen LogP contribution in [0, 0.1) is 0 Å². The molecule has 16 heavy (non-hydrogen) atoms. The van der Waals surface area contributed by atoms with Gasteiger partial charge in [-0.25, -0.2) is 0 Å². The summed E-state index contributed by atoms with van der Waals surface area (Å²) in [6.07, 6.45) is 0.503. The van der Waals surface area contributed by atoms with Crippen molar-refractivity contribution in [1.29, 1.82) is 0 Å². The van der Waals surface area contributed by atoms with E-state index in [4.69, 9.17) is 9.47 Å². The molecule has 1 atom stereocenters. The summed E-state index contributed by atoms with van der Waals surface area (Å²) >= 11 is 0. The lowest BCUT2D eigenvalue weighted by Gasteiger charge is -2.25. The molecule has 0 bridgehead atoms. The van der Waals surface area contributed by atoms with Crippen LogP contribution >= 0.6 is 0 Å². The number of methoxy groups -OCH3 is 2. The summed E-state index contributed by atoms with van der Waals surface area (Å²) in [5.74, 6) is 1.41. The minimum Gasteiger partial charge on any atom is -0.497 e. The highest BCUT2D eigenvalue weighted by molar-refractivity contribution is 6.05. The lowest BCUT2D eigenvalue weighted by Crippen LogP contribution is -2.27. The van der Waals surface area contributed by atoms with Crippen LogP contribution < -0.4 is 14.8 Å². The number of rotatable bonds is 2. The molecule has 0 aromatic heterocycles. The molecular formula is C12H15NO3. The fourth-order valence-electron chi connectivity index (χ4n) is 1.92. The molecule has 2 rings (SSSR count). The second kappa shape index (κ2) is 4.04. The first kappa shape index (κ1) is 10.8. The van der Waals surface area contributed by atoms with E-state index in [-0.39, 0.29) is 11.8 Å². The van der Waals surface area contributed by atoms with Crippen molar-refractivity contribution >= 4 is 11.5 Å². The Morgan fingerprint density at radius 1 is 1.31 bits per heavy atom. The van der Waals surface area contributed by atoms with Gasteiger partial charge >= 0.3 is 0 Å². The van der Waals surface area contributed by atoms with Crippen molar-refractivity contribution in [2.75, 3.05) is 19.5 Å². The fraction of sp³-hybridized carbons (Fsp3) is 0.417. The van der Waals surface area contributed by atoms with Crippen molar-refractivity contribution < 1.29 is 14.3 Å². The largest absolute Gasteiger partial charge is 0.497 e. The Morgan fingerprint density at radius 2 is 2.06 bits per heavy atom. The highest BCUT2D eigenvalue weighted by Gasteiger charge is 2.25. The second-order valence-corrected chi connectivity index (χ2v) is 3.92. The van der Waals surface area contributed by atoms with Crippen LogP contribution in [0.15, 0.2) is 12.1 Å². The molecule has 0 saturated heterocycles. The first-order chi connectivity index (χ1) is 7.65. The van der Waals surface area contributed by atoms with E-state index in [1.165, 1.54) is 0 Å². The van der Waals surface area contributed by atoms with Crippen LogP contribution in [0.2, 0.25) is 0 Å². The molecule has 0 saturated carbocycles. The van der Waals surface area contributed by atoms with E-state index < -0.39 is 0 Å².